The van der Waals surface area contributed by atoms with Crippen molar-refractivity contribution in [1.29, 1.82) is 0 Å². The fourth-order valence-corrected chi connectivity index (χ4v) is 8.74. The van der Waals surface area contributed by atoms with Gasteiger partial charge in [0.1, 0.15) is 0 Å². The van der Waals surface area contributed by atoms with Gasteiger partial charge in [-0.15, -0.1) is 0 Å². The Balaban J connectivity index is 1.27. The highest BCUT2D eigenvalue weighted by molar-refractivity contribution is 7.91. The van der Waals surface area contributed by atoms with Gasteiger partial charge in [0.15, 0.2) is 5.78 Å². The number of nitrogens with one attached hydrogen (secondary N) is 1. The molecule has 0 aromatic rings. The highest BCUT2D eigenvalue weighted by atomic mass is 32.2. The summed E-state index contributed by atoms with van der Waals surface area (Å²) in [4.78, 5) is 24.1. The number of rotatable bonds is 5. The summed E-state index contributed by atoms with van der Waals surface area (Å²) in [7, 11) is -3.48. The van der Waals surface area contributed by atoms with Crippen LogP contribution < -0.4 is 4.72 Å². The third-order valence-corrected chi connectivity index (χ3v) is 11.4. The topological polar surface area (TPSA) is 80.3 Å². The number of fused-ring (bicyclic) bond motifs is 5. The van der Waals surface area contributed by atoms with Crippen molar-refractivity contribution in [2.24, 2.45) is 34.5 Å². The van der Waals surface area contributed by atoms with E-state index in [1.54, 1.807) is 0 Å². The SMILES string of the molecule is C[C@]12CCC3C(C=CC4=CC(=O)CC[C@@]43C)C1CCC2C/C=C/C(=O)NS(=O)(=O)C1CC1. The van der Waals surface area contributed by atoms with Crippen molar-refractivity contribution >= 4 is 21.7 Å². The molecule has 0 aromatic heterocycles. The van der Waals surface area contributed by atoms with Crippen LogP contribution in [-0.4, -0.2) is 25.4 Å². The maximum Gasteiger partial charge on any atom is 0.257 e. The van der Waals surface area contributed by atoms with E-state index in [-0.39, 0.29) is 21.9 Å². The van der Waals surface area contributed by atoms with Crippen LogP contribution in [0.3, 0.4) is 0 Å². The van der Waals surface area contributed by atoms with E-state index in [4.69, 9.17) is 0 Å². The van der Waals surface area contributed by atoms with Gasteiger partial charge in [0.05, 0.1) is 5.25 Å². The van der Waals surface area contributed by atoms with Crippen LogP contribution in [0.2, 0.25) is 0 Å². The number of hydrogen-bond acceptors (Lipinski definition) is 4. The minimum atomic E-state index is -3.48. The standard InChI is InChI=1S/C26H35NO4S/c1-25-15-13-23-21(10-6-18-16-19(28)12-14-26(18,23)2)22(25)11-7-17(25)4-3-5-24(29)27-32(30,31)20-8-9-20/h3,5-6,10,16-17,20-23H,4,7-9,11-15H2,1-2H3,(H,27,29)/b5-3+/t17?,21?,22?,23?,25-,26+/m1/s1. The van der Waals surface area contributed by atoms with E-state index in [1.165, 1.54) is 30.9 Å². The molecule has 5 rings (SSSR count). The first kappa shape index (κ1) is 22.1. The van der Waals surface area contributed by atoms with Crippen LogP contribution in [0.25, 0.3) is 0 Å². The van der Waals surface area contributed by atoms with Crippen molar-refractivity contribution in [3.8, 4) is 0 Å². The summed E-state index contributed by atoms with van der Waals surface area (Å²) in [6.07, 6.45) is 18.3. The zero-order valence-corrected chi connectivity index (χ0v) is 20.0. The zero-order chi connectivity index (χ0) is 22.7. The Bertz CT molecular complexity index is 1020. The molecule has 5 aliphatic carbocycles. The van der Waals surface area contributed by atoms with Crippen molar-refractivity contribution in [1.82, 2.24) is 4.72 Å². The Kier molecular flexibility index (Phi) is 5.31. The molecule has 0 bridgehead atoms. The van der Waals surface area contributed by atoms with E-state index in [0.29, 0.717) is 42.9 Å². The van der Waals surface area contributed by atoms with E-state index in [1.807, 2.05) is 12.2 Å². The predicted molar refractivity (Wildman–Crippen MR) is 124 cm³/mol. The van der Waals surface area contributed by atoms with Gasteiger partial charge in [0.25, 0.3) is 5.91 Å². The van der Waals surface area contributed by atoms with Gasteiger partial charge in [-0.1, -0.05) is 32.1 Å². The van der Waals surface area contributed by atoms with Gasteiger partial charge in [0.2, 0.25) is 10.0 Å². The van der Waals surface area contributed by atoms with Gasteiger partial charge < -0.3 is 0 Å². The molecule has 0 spiro atoms. The molecule has 4 unspecified atom stereocenters. The van der Waals surface area contributed by atoms with Crippen molar-refractivity contribution in [3.63, 3.8) is 0 Å². The fourth-order valence-electron chi connectivity index (χ4n) is 7.47. The third-order valence-electron chi connectivity index (χ3n) is 9.61. The number of ketones is 1. The molecule has 174 valence electrons. The number of amides is 1. The number of carbonyl (C=O) groups is 2. The molecular weight excluding hydrogens is 422 g/mol. The fraction of sp³-hybridized carbons (Fsp3) is 0.692. The van der Waals surface area contributed by atoms with E-state index in [2.05, 4.69) is 30.7 Å². The van der Waals surface area contributed by atoms with Crippen molar-refractivity contribution in [2.75, 3.05) is 0 Å². The summed E-state index contributed by atoms with van der Waals surface area (Å²) in [5.41, 5.74) is 1.61. The van der Waals surface area contributed by atoms with Gasteiger partial charge in [-0.2, -0.15) is 0 Å². The van der Waals surface area contributed by atoms with Gasteiger partial charge in [-0.3, -0.25) is 9.59 Å². The van der Waals surface area contributed by atoms with E-state index in [0.717, 1.165) is 19.3 Å². The Labute approximate surface area is 191 Å². The van der Waals surface area contributed by atoms with E-state index < -0.39 is 15.9 Å². The normalized spacial score (nSPS) is 41.1. The first-order chi connectivity index (χ1) is 15.1. The molecule has 0 radical (unpaired) electrons. The number of carbonyl (C=O) groups excluding carboxylic acids is 2. The molecule has 3 fully saturated rings. The Morgan fingerprint density at radius 2 is 1.91 bits per heavy atom. The molecule has 5 aliphatic rings. The summed E-state index contributed by atoms with van der Waals surface area (Å²) < 4.78 is 26.1. The van der Waals surface area contributed by atoms with Crippen LogP contribution in [0.5, 0.6) is 0 Å². The third kappa shape index (κ3) is 3.63. The van der Waals surface area contributed by atoms with Gasteiger partial charge >= 0.3 is 0 Å². The Hall–Kier alpha value is -1.69. The van der Waals surface area contributed by atoms with Crippen LogP contribution in [0, 0.1) is 34.5 Å². The second-order valence-corrected chi connectivity index (χ2v) is 13.3. The minimum absolute atomic E-state index is 0.123. The summed E-state index contributed by atoms with van der Waals surface area (Å²) in [6.45, 7) is 4.81. The largest absolute Gasteiger partial charge is 0.295 e. The van der Waals surface area contributed by atoms with Gasteiger partial charge in [0, 0.05) is 6.42 Å². The molecule has 6 heteroatoms. The Morgan fingerprint density at radius 3 is 2.66 bits per heavy atom. The molecule has 0 saturated heterocycles. The lowest BCUT2D eigenvalue weighted by Crippen LogP contribution is -2.48. The lowest BCUT2D eigenvalue weighted by molar-refractivity contribution is -0.116. The number of hydrogen-bond donors (Lipinski definition) is 1. The summed E-state index contributed by atoms with van der Waals surface area (Å²) in [6, 6.07) is 0. The van der Waals surface area contributed by atoms with Gasteiger partial charge in [-0.25, -0.2) is 13.1 Å². The lowest BCUT2D eigenvalue weighted by atomic mass is 9.48. The smallest absolute Gasteiger partial charge is 0.257 e. The van der Waals surface area contributed by atoms with Crippen molar-refractivity contribution < 1.29 is 18.0 Å². The van der Waals surface area contributed by atoms with Crippen LogP contribution >= 0.6 is 0 Å². The van der Waals surface area contributed by atoms with Gasteiger partial charge in [-0.05, 0) is 104 Å². The summed E-state index contributed by atoms with van der Waals surface area (Å²) in [5, 5.41) is -0.382. The monoisotopic (exact) mass is 457 g/mol. The molecular formula is C26H35NO4S. The predicted octanol–water partition coefficient (Wildman–Crippen LogP) is 4.47. The molecule has 1 N–H and O–H groups in total. The second-order valence-electron chi connectivity index (χ2n) is 11.3. The van der Waals surface area contributed by atoms with Crippen LogP contribution in [0.15, 0.2) is 36.0 Å². The molecule has 32 heavy (non-hydrogen) atoms. The highest BCUT2D eigenvalue weighted by Gasteiger charge is 2.57. The summed E-state index contributed by atoms with van der Waals surface area (Å²) in [5.74, 6) is 2.07. The quantitative estimate of drug-likeness (QED) is 0.618. The molecule has 0 aliphatic heterocycles. The van der Waals surface area contributed by atoms with E-state index in [9.17, 15) is 18.0 Å². The number of allylic oxidation sites excluding steroid dienone is 5. The second kappa shape index (κ2) is 7.68. The van der Waals surface area contributed by atoms with Crippen LogP contribution in [0.1, 0.15) is 71.6 Å². The zero-order valence-electron chi connectivity index (χ0n) is 19.2. The van der Waals surface area contributed by atoms with Crippen molar-refractivity contribution in [3.05, 3.63) is 36.0 Å². The molecule has 0 heterocycles. The highest BCUT2D eigenvalue weighted by Crippen LogP contribution is 2.65. The minimum Gasteiger partial charge on any atom is -0.295 e. The van der Waals surface area contributed by atoms with Crippen molar-refractivity contribution in [2.45, 2.75) is 76.9 Å². The molecule has 5 nitrogen and oxygen atoms in total. The molecule has 1 amide bonds. The molecule has 0 aromatic carbocycles. The maximum atomic E-state index is 12.1. The van der Waals surface area contributed by atoms with E-state index >= 15 is 0 Å². The van der Waals surface area contributed by atoms with Crippen LogP contribution in [0.4, 0.5) is 0 Å². The average molecular weight is 458 g/mol. The Morgan fingerprint density at radius 1 is 1.12 bits per heavy atom. The summed E-state index contributed by atoms with van der Waals surface area (Å²) >= 11 is 0. The first-order valence-electron chi connectivity index (χ1n) is 12.3. The maximum absolute atomic E-state index is 12.1. The molecule has 6 atom stereocenters. The van der Waals surface area contributed by atoms with Crippen LogP contribution in [-0.2, 0) is 19.6 Å². The first-order valence-corrected chi connectivity index (χ1v) is 13.8. The lowest BCUT2D eigenvalue weighted by Gasteiger charge is -2.56. The molecule has 3 saturated carbocycles. The average Bonchev–Trinajstić information content (AvgIpc) is 3.53. The number of sulfonamides is 1.